The first-order chi connectivity index (χ1) is 32.1. The Balaban J connectivity index is 1.52. The molecular formula is C46H49B21O. The Kier molecular flexibility index (Phi) is 11.1. The fourth-order valence-corrected chi connectivity index (χ4v) is 13.1. The predicted molar refractivity (Wildman–Crippen MR) is 372 cm³/mol. The van der Waals surface area contributed by atoms with Crippen molar-refractivity contribution in [1.82, 2.24) is 0 Å². The summed E-state index contributed by atoms with van der Waals surface area (Å²) < 4.78 is 6.46. The zero-order valence-electron chi connectivity index (χ0n) is 44.9. The SMILES string of the molecule is Bc1c(B)c(B)c2c(-c3c(B)c(B)c(-c4c5c(B)c(B)c(B)c(B)c5c(-c5ccc6oc7ccccc7c6c5)c5c(B)c(B)c(B)c(B)c45)c4c(B)c(B)c(B)c(B)c34)c(B)c(B)c(B)c2c1B. The van der Waals surface area contributed by atoms with Gasteiger partial charge >= 0.3 is 0 Å². The van der Waals surface area contributed by atoms with E-state index in [1.165, 1.54) is 191 Å². The van der Waals surface area contributed by atoms with Gasteiger partial charge in [-0.25, -0.2) is 0 Å². The van der Waals surface area contributed by atoms with Crippen molar-refractivity contribution >= 4 is 345 Å². The summed E-state index contributed by atoms with van der Waals surface area (Å²) in [5.41, 5.74) is 39.1. The van der Waals surface area contributed by atoms with E-state index >= 15 is 0 Å². The molecule has 1 nitrogen and oxygen atoms in total. The lowest BCUT2D eigenvalue weighted by Crippen LogP contribution is -2.53. The number of benzene rings is 9. The van der Waals surface area contributed by atoms with Crippen molar-refractivity contribution in [2.24, 2.45) is 0 Å². The fraction of sp³-hybridized carbons (Fsp3) is 0. The molecule has 0 N–H and O–H groups in total. The van der Waals surface area contributed by atoms with Gasteiger partial charge in [-0.1, -0.05) is 89.8 Å². The Morgan fingerprint density at radius 3 is 0.912 bits per heavy atom. The van der Waals surface area contributed by atoms with Crippen LogP contribution >= 0.6 is 0 Å². The zero-order chi connectivity index (χ0) is 49.2. The van der Waals surface area contributed by atoms with Gasteiger partial charge in [-0.15, -0.1) is 49.2 Å². The van der Waals surface area contributed by atoms with Crippen molar-refractivity contribution in [3.05, 3.63) is 42.5 Å². The summed E-state index contributed by atoms with van der Waals surface area (Å²) in [7, 11) is 50.0. The Bertz CT molecular complexity index is 3960. The summed E-state index contributed by atoms with van der Waals surface area (Å²) in [4.78, 5) is 0. The monoisotopic (exact) mass is 849 g/mol. The van der Waals surface area contributed by atoms with E-state index in [0.717, 1.165) is 21.9 Å². The van der Waals surface area contributed by atoms with Crippen LogP contribution in [-0.2, 0) is 0 Å². The molecule has 0 unspecified atom stereocenters. The van der Waals surface area contributed by atoms with E-state index in [0.29, 0.717) is 0 Å². The highest BCUT2D eigenvalue weighted by Gasteiger charge is 2.31. The van der Waals surface area contributed by atoms with Gasteiger partial charge in [0.25, 0.3) is 0 Å². The van der Waals surface area contributed by atoms with E-state index in [1.807, 2.05) is 0 Å². The fourth-order valence-electron chi connectivity index (χ4n) is 13.1. The van der Waals surface area contributed by atoms with Crippen molar-refractivity contribution in [2.75, 3.05) is 0 Å². The van der Waals surface area contributed by atoms with Crippen LogP contribution in [0.25, 0.3) is 98.4 Å². The van der Waals surface area contributed by atoms with Crippen molar-refractivity contribution < 1.29 is 4.42 Å². The predicted octanol–water partition coefficient (Wildman–Crippen LogP) is -23.4. The summed E-state index contributed by atoms with van der Waals surface area (Å²) >= 11 is 0. The number of para-hydroxylation sites is 1. The molecule has 0 saturated heterocycles. The molecule has 302 valence electrons. The maximum absolute atomic E-state index is 6.46. The number of hydrogen-bond acceptors (Lipinski definition) is 1. The van der Waals surface area contributed by atoms with Gasteiger partial charge in [-0.2, -0.15) is 0 Å². The number of rotatable bonds is 3. The molecule has 0 aliphatic rings. The van der Waals surface area contributed by atoms with Gasteiger partial charge in [0.05, 0.1) is 0 Å². The Hall–Kier alpha value is -4.82. The molecule has 0 amide bonds. The zero-order valence-corrected chi connectivity index (χ0v) is 44.9. The van der Waals surface area contributed by atoms with Crippen LogP contribution < -0.4 is 115 Å². The summed E-state index contributed by atoms with van der Waals surface area (Å²) in [5, 5.41) is 13.5. The van der Waals surface area contributed by atoms with Gasteiger partial charge in [-0.3, -0.25) is 0 Å². The molecule has 0 bridgehead atoms. The molecule has 0 spiro atoms. The lowest BCUT2D eigenvalue weighted by atomic mass is 9.55. The minimum absolute atomic E-state index is 0.927. The normalized spacial score (nSPS) is 11.9. The Morgan fingerprint density at radius 1 is 0.221 bits per heavy atom. The second kappa shape index (κ2) is 16.1. The maximum atomic E-state index is 6.46. The Morgan fingerprint density at radius 2 is 0.500 bits per heavy atom. The van der Waals surface area contributed by atoms with E-state index in [9.17, 15) is 0 Å². The highest BCUT2D eigenvalue weighted by molar-refractivity contribution is 6.76. The highest BCUT2D eigenvalue weighted by atomic mass is 16.3. The first-order valence-electron chi connectivity index (χ1n) is 25.0. The smallest absolute Gasteiger partial charge is 0.139 e. The molecule has 68 heavy (non-hydrogen) atoms. The van der Waals surface area contributed by atoms with Gasteiger partial charge in [0.2, 0.25) is 0 Å². The molecule has 0 atom stereocenters. The van der Waals surface area contributed by atoms with Crippen molar-refractivity contribution in [2.45, 2.75) is 0 Å². The minimum atomic E-state index is 0.927. The Labute approximate surface area is 422 Å². The molecule has 9 aromatic carbocycles. The molecule has 0 aliphatic carbocycles. The van der Waals surface area contributed by atoms with E-state index in [1.54, 1.807) is 0 Å². The molecule has 0 saturated carbocycles. The van der Waals surface area contributed by atoms with Gasteiger partial charge in [-0.05, 0) is 94.7 Å². The molecule has 10 rings (SSSR count). The quantitative estimate of drug-likeness (QED) is 0.128. The number of furan rings is 1. The minimum Gasteiger partial charge on any atom is -0.456 e. The average Bonchev–Trinajstić information content (AvgIpc) is 3.70. The lowest BCUT2D eigenvalue weighted by molar-refractivity contribution is 0.669. The lowest BCUT2D eigenvalue weighted by Gasteiger charge is -2.32. The van der Waals surface area contributed by atoms with Crippen LogP contribution in [0, 0.1) is 0 Å². The van der Waals surface area contributed by atoms with Gasteiger partial charge in [0.1, 0.15) is 176 Å². The second-order valence-electron chi connectivity index (χ2n) is 21.3. The van der Waals surface area contributed by atoms with E-state index in [-0.39, 0.29) is 0 Å². The maximum Gasteiger partial charge on any atom is 0.139 e. The third-order valence-corrected chi connectivity index (χ3v) is 18.9. The molecule has 10 aromatic rings. The van der Waals surface area contributed by atoms with E-state index < -0.39 is 0 Å². The van der Waals surface area contributed by atoms with E-state index in [2.05, 4.69) is 207 Å². The van der Waals surface area contributed by atoms with Crippen LogP contribution in [0.4, 0.5) is 0 Å². The standard InChI is InChI=1S/C46H49B21O/c47-26-19(20-22(34(55)44(65)43(64)33(20)54)21(27(26)48)23-24-25(36(57)38(59)32(23)53)37(58)46(67)45(66)35(24)56)14-17-15(28(49)39(60)41(62)30(17)51)13(16-18(14)31(52)42(63)40(61)29(16)50)8-5-6-12-10(7-8)9-3-1-2-4-11(9)68-12/h1-7H,47-67H2. The molecular weight excluding hydrogens is 796 g/mol. The molecule has 0 aliphatic heterocycles. The number of hydrogen-bond donors (Lipinski definition) is 0. The number of fused-ring (bicyclic) bond motifs is 7. The average molecular weight is 845 g/mol. The van der Waals surface area contributed by atoms with Crippen LogP contribution in [0.3, 0.4) is 0 Å². The molecule has 0 radical (unpaired) electrons. The summed E-state index contributed by atoms with van der Waals surface area (Å²) in [5.74, 6) is 0. The highest BCUT2D eigenvalue weighted by Crippen LogP contribution is 2.44. The van der Waals surface area contributed by atoms with Crippen LogP contribution in [0.1, 0.15) is 0 Å². The van der Waals surface area contributed by atoms with Crippen molar-refractivity contribution in [3.8, 4) is 33.4 Å². The molecule has 1 heterocycles. The van der Waals surface area contributed by atoms with Crippen LogP contribution in [0.2, 0.25) is 0 Å². The van der Waals surface area contributed by atoms with Gasteiger partial charge in [0, 0.05) is 10.8 Å². The van der Waals surface area contributed by atoms with Gasteiger partial charge < -0.3 is 4.42 Å². The van der Waals surface area contributed by atoms with Crippen LogP contribution in [0.5, 0.6) is 0 Å². The first kappa shape index (κ1) is 46.9. The summed E-state index contributed by atoms with van der Waals surface area (Å²) in [6, 6.07) is 15.5. The van der Waals surface area contributed by atoms with E-state index in [4.69, 9.17) is 4.42 Å². The third kappa shape index (κ3) is 6.06. The van der Waals surface area contributed by atoms with Crippen molar-refractivity contribution in [3.63, 3.8) is 0 Å². The molecule has 0 fully saturated rings. The molecule has 22 heteroatoms. The topological polar surface area (TPSA) is 13.1 Å². The first-order valence-corrected chi connectivity index (χ1v) is 25.0. The molecule has 1 aromatic heterocycles. The second-order valence-corrected chi connectivity index (χ2v) is 21.3. The third-order valence-electron chi connectivity index (χ3n) is 18.9. The van der Waals surface area contributed by atoms with Crippen molar-refractivity contribution in [1.29, 1.82) is 0 Å². The summed E-state index contributed by atoms with van der Waals surface area (Å²) in [6.07, 6.45) is 0. The largest absolute Gasteiger partial charge is 0.456 e. The van der Waals surface area contributed by atoms with Crippen LogP contribution in [-0.4, -0.2) is 165 Å². The van der Waals surface area contributed by atoms with Gasteiger partial charge in [0.15, 0.2) is 0 Å². The van der Waals surface area contributed by atoms with Crippen LogP contribution in [0.15, 0.2) is 46.9 Å². The summed E-state index contributed by atoms with van der Waals surface area (Å²) in [6.45, 7) is 0.